The van der Waals surface area contributed by atoms with Crippen LogP contribution in [0.4, 0.5) is 0 Å². The third kappa shape index (κ3) is 4.60. The van der Waals surface area contributed by atoms with Gasteiger partial charge in [0.05, 0.1) is 0 Å². The van der Waals surface area contributed by atoms with Crippen LogP contribution in [0.2, 0.25) is 0 Å². The third-order valence-corrected chi connectivity index (χ3v) is 4.39. The molecule has 1 unspecified atom stereocenters. The zero-order chi connectivity index (χ0) is 14.2. The number of piperidine rings is 1. The standard InChI is InChI=1S/C18H30N2/c1-3-12-19-18(17-10-6-5-9-16(17)2)11-15-20-13-7-4-8-14-20/h5-6,9-10,18-19H,3-4,7-8,11-15H2,1-2H3. The number of aryl methyl sites for hydroxylation is 1. The molecule has 20 heavy (non-hydrogen) atoms. The average Bonchev–Trinajstić information content (AvgIpc) is 2.49. The second-order valence-electron chi connectivity index (χ2n) is 6.05. The molecule has 0 bridgehead atoms. The Labute approximate surface area is 124 Å². The van der Waals surface area contributed by atoms with E-state index in [0.717, 1.165) is 6.54 Å². The van der Waals surface area contributed by atoms with Gasteiger partial charge in [-0.05, 0) is 69.9 Å². The Kier molecular flexibility index (Phi) is 6.55. The number of nitrogens with one attached hydrogen (secondary N) is 1. The molecule has 0 amide bonds. The van der Waals surface area contributed by atoms with Gasteiger partial charge >= 0.3 is 0 Å². The van der Waals surface area contributed by atoms with E-state index in [1.165, 1.54) is 62.9 Å². The van der Waals surface area contributed by atoms with Crippen LogP contribution in [0.3, 0.4) is 0 Å². The average molecular weight is 274 g/mol. The van der Waals surface area contributed by atoms with Crippen LogP contribution in [0.1, 0.15) is 56.2 Å². The number of benzene rings is 1. The molecule has 0 spiro atoms. The highest BCUT2D eigenvalue weighted by atomic mass is 15.1. The monoisotopic (exact) mass is 274 g/mol. The van der Waals surface area contributed by atoms with Gasteiger partial charge < -0.3 is 10.2 Å². The summed E-state index contributed by atoms with van der Waals surface area (Å²) in [5.74, 6) is 0. The molecule has 1 fully saturated rings. The molecule has 0 aromatic heterocycles. The fraction of sp³-hybridized carbons (Fsp3) is 0.667. The zero-order valence-corrected chi connectivity index (χ0v) is 13.2. The maximum absolute atomic E-state index is 3.74. The normalized spacial score (nSPS) is 18.1. The maximum atomic E-state index is 3.74. The van der Waals surface area contributed by atoms with Gasteiger partial charge in [0, 0.05) is 6.04 Å². The van der Waals surface area contributed by atoms with Gasteiger partial charge in [-0.2, -0.15) is 0 Å². The van der Waals surface area contributed by atoms with E-state index in [9.17, 15) is 0 Å². The first-order valence-electron chi connectivity index (χ1n) is 8.32. The zero-order valence-electron chi connectivity index (χ0n) is 13.2. The summed E-state index contributed by atoms with van der Waals surface area (Å²) < 4.78 is 0. The van der Waals surface area contributed by atoms with Gasteiger partial charge in [-0.25, -0.2) is 0 Å². The van der Waals surface area contributed by atoms with Crippen LogP contribution < -0.4 is 5.32 Å². The van der Waals surface area contributed by atoms with Gasteiger partial charge in [0.15, 0.2) is 0 Å². The van der Waals surface area contributed by atoms with Crippen LogP contribution in [0.25, 0.3) is 0 Å². The topological polar surface area (TPSA) is 15.3 Å². The summed E-state index contributed by atoms with van der Waals surface area (Å²) in [7, 11) is 0. The third-order valence-electron chi connectivity index (χ3n) is 4.39. The molecule has 112 valence electrons. The largest absolute Gasteiger partial charge is 0.310 e. The smallest absolute Gasteiger partial charge is 0.0335 e. The lowest BCUT2D eigenvalue weighted by atomic mass is 9.98. The Morgan fingerprint density at radius 3 is 2.60 bits per heavy atom. The van der Waals surface area contributed by atoms with E-state index in [2.05, 4.69) is 48.3 Å². The predicted octanol–water partition coefficient (Wildman–Crippen LogP) is 3.91. The van der Waals surface area contributed by atoms with Crippen molar-refractivity contribution >= 4 is 0 Å². The Balaban J connectivity index is 1.94. The summed E-state index contributed by atoms with van der Waals surface area (Å²) in [6.45, 7) is 9.42. The first-order chi connectivity index (χ1) is 9.81. The molecular formula is C18H30N2. The number of hydrogen-bond donors (Lipinski definition) is 1. The summed E-state index contributed by atoms with van der Waals surface area (Å²) >= 11 is 0. The summed E-state index contributed by atoms with van der Waals surface area (Å²) in [4.78, 5) is 2.64. The molecule has 2 heteroatoms. The van der Waals surface area contributed by atoms with Crippen LogP contribution in [-0.4, -0.2) is 31.1 Å². The van der Waals surface area contributed by atoms with Crippen molar-refractivity contribution in [2.45, 2.75) is 52.0 Å². The van der Waals surface area contributed by atoms with Crippen molar-refractivity contribution in [1.82, 2.24) is 10.2 Å². The molecule has 0 radical (unpaired) electrons. The second-order valence-corrected chi connectivity index (χ2v) is 6.05. The van der Waals surface area contributed by atoms with E-state index in [4.69, 9.17) is 0 Å². The van der Waals surface area contributed by atoms with Crippen molar-refractivity contribution in [2.75, 3.05) is 26.2 Å². The maximum Gasteiger partial charge on any atom is 0.0335 e. The molecule has 2 nitrogen and oxygen atoms in total. The first-order valence-corrected chi connectivity index (χ1v) is 8.32. The molecule has 0 aliphatic carbocycles. The first kappa shape index (κ1) is 15.5. The minimum absolute atomic E-state index is 0.512. The molecule has 0 saturated carbocycles. The van der Waals surface area contributed by atoms with Crippen molar-refractivity contribution in [3.63, 3.8) is 0 Å². The van der Waals surface area contributed by atoms with Crippen molar-refractivity contribution in [3.8, 4) is 0 Å². The lowest BCUT2D eigenvalue weighted by Crippen LogP contribution is -2.33. The van der Waals surface area contributed by atoms with Gasteiger partial charge in [0.2, 0.25) is 0 Å². The molecule has 1 atom stereocenters. The van der Waals surface area contributed by atoms with E-state index in [0.29, 0.717) is 6.04 Å². The van der Waals surface area contributed by atoms with E-state index in [-0.39, 0.29) is 0 Å². The molecule has 1 saturated heterocycles. The van der Waals surface area contributed by atoms with Crippen LogP contribution in [0.15, 0.2) is 24.3 Å². The van der Waals surface area contributed by atoms with E-state index < -0.39 is 0 Å². The SMILES string of the molecule is CCCNC(CCN1CCCCC1)c1ccccc1C. The second kappa shape index (κ2) is 8.43. The highest BCUT2D eigenvalue weighted by Gasteiger charge is 2.16. The molecule has 2 rings (SSSR count). The quantitative estimate of drug-likeness (QED) is 0.811. The fourth-order valence-corrected chi connectivity index (χ4v) is 3.16. The Morgan fingerprint density at radius 2 is 1.90 bits per heavy atom. The molecule has 1 aromatic rings. The Morgan fingerprint density at radius 1 is 1.15 bits per heavy atom. The summed E-state index contributed by atoms with van der Waals surface area (Å²) in [5, 5.41) is 3.74. The number of likely N-dealkylation sites (tertiary alicyclic amines) is 1. The molecule has 1 aromatic carbocycles. The number of rotatable bonds is 7. The Hall–Kier alpha value is -0.860. The highest BCUT2D eigenvalue weighted by molar-refractivity contribution is 5.28. The van der Waals surface area contributed by atoms with Gasteiger partial charge in [0.25, 0.3) is 0 Å². The molecule has 1 aliphatic rings. The number of nitrogens with zero attached hydrogens (tertiary/aromatic N) is 1. The van der Waals surface area contributed by atoms with Crippen molar-refractivity contribution in [2.24, 2.45) is 0 Å². The van der Waals surface area contributed by atoms with Gasteiger partial charge in [-0.3, -0.25) is 0 Å². The molecule has 1 N–H and O–H groups in total. The number of hydrogen-bond acceptors (Lipinski definition) is 2. The van der Waals surface area contributed by atoms with Crippen LogP contribution in [0.5, 0.6) is 0 Å². The lowest BCUT2D eigenvalue weighted by Gasteiger charge is -2.29. The van der Waals surface area contributed by atoms with Crippen LogP contribution in [0, 0.1) is 6.92 Å². The van der Waals surface area contributed by atoms with Crippen molar-refractivity contribution in [3.05, 3.63) is 35.4 Å². The fourth-order valence-electron chi connectivity index (χ4n) is 3.16. The van der Waals surface area contributed by atoms with Crippen molar-refractivity contribution < 1.29 is 0 Å². The van der Waals surface area contributed by atoms with E-state index in [1.54, 1.807) is 0 Å². The summed E-state index contributed by atoms with van der Waals surface area (Å²) in [5.41, 5.74) is 2.90. The van der Waals surface area contributed by atoms with Gasteiger partial charge in [-0.1, -0.05) is 37.6 Å². The summed E-state index contributed by atoms with van der Waals surface area (Å²) in [6.07, 6.45) is 6.62. The van der Waals surface area contributed by atoms with E-state index in [1.807, 2.05) is 0 Å². The summed E-state index contributed by atoms with van der Waals surface area (Å²) in [6, 6.07) is 9.35. The molecular weight excluding hydrogens is 244 g/mol. The predicted molar refractivity (Wildman–Crippen MR) is 87.1 cm³/mol. The van der Waals surface area contributed by atoms with E-state index >= 15 is 0 Å². The van der Waals surface area contributed by atoms with Crippen LogP contribution in [-0.2, 0) is 0 Å². The van der Waals surface area contributed by atoms with Gasteiger partial charge in [0.1, 0.15) is 0 Å². The lowest BCUT2D eigenvalue weighted by molar-refractivity contribution is 0.217. The molecule has 1 heterocycles. The van der Waals surface area contributed by atoms with Crippen molar-refractivity contribution in [1.29, 1.82) is 0 Å². The Bertz CT molecular complexity index is 383. The minimum atomic E-state index is 0.512. The minimum Gasteiger partial charge on any atom is -0.310 e. The molecule has 1 aliphatic heterocycles. The van der Waals surface area contributed by atoms with Crippen LogP contribution >= 0.6 is 0 Å². The highest BCUT2D eigenvalue weighted by Crippen LogP contribution is 2.22. The van der Waals surface area contributed by atoms with Gasteiger partial charge in [-0.15, -0.1) is 0 Å².